The lowest BCUT2D eigenvalue weighted by atomic mass is 10.1. The Kier molecular flexibility index (Phi) is 5.46. The number of nitrogens with two attached hydrogens (primary N) is 1. The number of likely N-dealkylation sites (N-methyl/N-ethyl adjacent to an activating group) is 1. The maximum atomic E-state index is 12.4. The molecular weight excluding hydrogens is 501 g/mol. The molecule has 0 aliphatic carbocycles. The molecule has 2 aromatic carbocycles. The fraction of sp³-hybridized carbons (Fsp3) is 0.0625. The number of sulfonamides is 1. The quantitative estimate of drug-likeness (QED) is 0.325. The molecule has 0 radical (unpaired) electrons. The van der Waals surface area contributed by atoms with Crippen LogP contribution in [0.25, 0.3) is 0 Å². The zero-order chi connectivity index (χ0) is 19.8. The zero-order valence-corrected chi connectivity index (χ0v) is 17.7. The molecule has 0 spiro atoms. The maximum absolute atomic E-state index is 12.4. The number of primary sulfonamides is 1. The first-order chi connectivity index (χ1) is 12.7. The first kappa shape index (κ1) is 19.7. The van der Waals surface area contributed by atoms with Gasteiger partial charge in [-0.15, -0.1) is 0 Å². The highest BCUT2D eigenvalue weighted by molar-refractivity contribution is 14.1. The van der Waals surface area contributed by atoms with Crippen molar-refractivity contribution in [1.29, 1.82) is 0 Å². The second-order valence-electron chi connectivity index (χ2n) is 5.62. The minimum atomic E-state index is -3.75. The van der Waals surface area contributed by atoms with E-state index in [0.717, 1.165) is 14.8 Å². The van der Waals surface area contributed by atoms with Crippen LogP contribution in [0.1, 0.15) is 5.56 Å². The Bertz CT molecular complexity index is 1070. The summed E-state index contributed by atoms with van der Waals surface area (Å²) < 4.78 is 23.5. The van der Waals surface area contributed by atoms with Crippen molar-refractivity contribution in [2.24, 2.45) is 10.2 Å². The average Bonchev–Trinajstić information content (AvgIpc) is 2.83. The molecule has 0 aromatic heterocycles. The van der Waals surface area contributed by atoms with Gasteiger partial charge in [0.15, 0.2) is 10.8 Å². The number of hydrazone groups is 1. The fourth-order valence-corrected chi connectivity index (χ4v) is 3.65. The Morgan fingerprint density at radius 3 is 2.52 bits per heavy atom. The van der Waals surface area contributed by atoms with Crippen molar-refractivity contribution in [2.75, 3.05) is 17.3 Å². The van der Waals surface area contributed by atoms with Crippen molar-refractivity contribution < 1.29 is 13.2 Å². The van der Waals surface area contributed by atoms with Gasteiger partial charge in [-0.25, -0.2) is 13.6 Å². The summed E-state index contributed by atoms with van der Waals surface area (Å²) in [5.41, 5.74) is 4.96. The highest BCUT2D eigenvalue weighted by Gasteiger charge is 2.31. The SMILES string of the molecule is CN1C(=O)C(=NNC(=S)Nc2ccc(S(N)(=O)=O)cc2)c2cc(I)ccc21. The van der Waals surface area contributed by atoms with Crippen molar-refractivity contribution in [3.05, 3.63) is 51.6 Å². The number of hydrogen-bond acceptors (Lipinski definition) is 5. The Hall–Kier alpha value is -2.09. The summed E-state index contributed by atoms with van der Waals surface area (Å²) in [7, 11) is -2.07. The number of thiocarbonyl (C=S) groups is 1. The molecule has 8 nitrogen and oxygen atoms in total. The Labute approximate surface area is 175 Å². The van der Waals surface area contributed by atoms with E-state index in [2.05, 4.69) is 38.4 Å². The van der Waals surface area contributed by atoms with Crippen LogP contribution in [-0.2, 0) is 14.8 Å². The van der Waals surface area contributed by atoms with Crippen molar-refractivity contribution in [3.8, 4) is 0 Å². The first-order valence-electron chi connectivity index (χ1n) is 7.52. The molecule has 11 heteroatoms. The van der Waals surface area contributed by atoms with Gasteiger partial charge in [-0.3, -0.25) is 10.2 Å². The molecule has 0 atom stereocenters. The van der Waals surface area contributed by atoms with E-state index in [1.165, 1.54) is 29.2 Å². The molecule has 1 aliphatic rings. The van der Waals surface area contributed by atoms with Crippen LogP contribution in [0.15, 0.2) is 52.5 Å². The molecule has 4 N–H and O–H groups in total. The number of hydrogen-bond donors (Lipinski definition) is 3. The Morgan fingerprint density at radius 2 is 1.89 bits per heavy atom. The predicted molar refractivity (Wildman–Crippen MR) is 116 cm³/mol. The number of amides is 1. The van der Waals surface area contributed by atoms with E-state index in [0.29, 0.717) is 5.69 Å². The number of carbonyl (C=O) groups is 1. The lowest BCUT2D eigenvalue weighted by Gasteiger charge is -2.08. The van der Waals surface area contributed by atoms with E-state index in [1.807, 2.05) is 18.2 Å². The average molecular weight is 515 g/mol. The summed E-state index contributed by atoms with van der Waals surface area (Å²) >= 11 is 7.34. The minimum absolute atomic E-state index is 0.00188. The molecule has 0 saturated heterocycles. The van der Waals surface area contributed by atoms with Crippen LogP contribution in [0.5, 0.6) is 0 Å². The standard InChI is InChI=1S/C16H14IN5O3S2/c1-22-13-7-2-9(17)8-12(13)14(15(22)23)20-21-16(26)19-10-3-5-11(6-4-10)27(18,24)25/h2-8H,1H3,(H2,18,24,25)(H2,19,21,26). The summed E-state index contributed by atoms with van der Waals surface area (Å²) in [5.74, 6) is -0.236. The van der Waals surface area contributed by atoms with Gasteiger partial charge in [-0.2, -0.15) is 5.10 Å². The highest BCUT2D eigenvalue weighted by atomic mass is 127. The van der Waals surface area contributed by atoms with Gasteiger partial charge in [0, 0.05) is 21.9 Å². The van der Waals surface area contributed by atoms with Crippen LogP contribution in [-0.4, -0.2) is 32.2 Å². The number of benzene rings is 2. The lowest BCUT2D eigenvalue weighted by Crippen LogP contribution is -2.30. The molecule has 0 fully saturated rings. The van der Waals surface area contributed by atoms with E-state index >= 15 is 0 Å². The summed E-state index contributed by atoms with van der Waals surface area (Å²) in [6.45, 7) is 0. The maximum Gasteiger partial charge on any atom is 0.279 e. The number of nitrogens with one attached hydrogen (secondary N) is 2. The molecule has 140 valence electrons. The number of nitrogens with zero attached hydrogens (tertiary/aromatic N) is 2. The largest absolute Gasteiger partial charge is 0.331 e. The Morgan fingerprint density at radius 1 is 1.22 bits per heavy atom. The van der Waals surface area contributed by atoms with Gasteiger partial charge in [-0.1, -0.05) is 0 Å². The number of halogens is 1. The molecule has 1 aliphatic heterocycles. The Balaban J connectivity index is 1.74. The van der Waals surface area contributed by atoms with E-state index in [-0.39, 0.29) is 21.6 Å². The molecular formula is C16H14IN5O3S2. The van der Waals surface area contributed by atoms with Gasteiger partial charge in [-0.05, 0) is 77.3 Å². The molecule has 0 saturated carbocycles. The van der Waals surface area contributed by atoms with Crippen LogP contribution < -0.4 is 20.8 Å². The minimum Gasteiger partial charge on any atom is -0.331 e. The van der Waals surface area contributed by atoms with Crippen LogP contribution in [0.4, 0.5) is 11.4 Å². The fourth-order valence-electron chi connectivity index (χ4n) is 2.48. The highest BCUT2D eigenvalue weighted by Crippen LogP contribution is 2.29. The number of anilines is 2. The van der Waals surface area contributed by atoms with Crippen LogP contribution >= 0.6 is 34.8 Å². The van der Waals surface area contributed by atoms with Crippen LogP contribution in [0.3, 0.4) is 0 Å². The summed E-state index contributed by atoms with van der Waals surface area (Å²) in [6.07, 6.45) is 0. The van der Waals surface area contributed by atoms with Crippen LogP contribution in [0, 0.1) is 3.57 Å². The lowest BCUT2D eigenvalue weighted by molar-refractivity contribution is -0.111. The third-order valence-corrected chi connectivity index (χ3v) is 5.59. The second kappa shape index (κ2) is 7.50. The van der Waals surface area contributed by atoms with Crippen LogP contribution in [0.2, 0.25) is 0 Å². The van der Waals surface area contributed by atoms with Crippen molar-refractivity contribution in [2.45, 2.75) is 4.90 Å². The van der Waals surface area contributed by atoms with Crippen molar-refractivity contribution >= 4 is 72.9 Å². The van der Waals surface area contributed by atoms with Crippen molar-refractivity contribution in [3.63, 3.8) is 0 Å². The van der Waals surface area contributed by atoms with Gasteiger partial charge in [0.1, 0.15) is 0 Å². The smallest absolute Gasteiger partial charge is 0.279 e. The van der Waals surface area contributed by atoms with Gasteiger partial charge < -0.3 is 10.2 Å². The molecule has 1 heterocycles. The predicted octanol–water partition coefficient (Wildman–Crippen LogP) is 1.61. The second-order valence-corrected chi connectivity index (χ2v) is 8.84. The topological polar surface area (TPSA) is 117 Å². The van der Waals surface area contributed by atoms with E-state index in [4.69, 9.17) is 17.4 Å². The van der Waals surface area contributed by atoms with E-state index in [1.54, 1.807) is 7.05 Å². The summed E-state index contributed by atoms with van der Waals surface area (Å²) in [5, 5.41) is 12.2. The number of carbonyl (C=O) groups excluding carboxylic acids is 1. The van der Waals surface area contributed by atoms with Gasteiger partial charge in [0.05, 0.1) is 10.6 Å². The summed E-state index contributed by atoms with van der Waals surface area (Å²) in [6, 6.07) is 11.4. The van der Waals surface area contributed by atoms with Gasteiger partial charge >= 0.3 is 0 Å². The number of rotatable bonds is 3. The third-order valence-electron chi connectivity index (χ3n) is 3.79. The van der Waals surface area contributed by atoms with Gasteiger partial charge in [0.25, 0.3) is 5.91 Å². The van der Waals surface area contributed by atoms with E-state index in [9.17, 15) is 13.2 Å². The van der Waals surface area contributed by atoms with Gasteiger partial charge in [0.2, 0.25) is 10.0 Å². The third kappa shape index (κ3) is 4.26. The molecule has 2 aromatic rings. The number of fused-ring (bicyclic) bond motifs is 1. The zero-order valence-electron chi connectivity index (χ0n) is 13.9. The van der Waals surface area contributed by atoms with Crippen molar-refractivity contribution in [1.82, 2.24) is 5.43 Å². The molecule has 0 unspecified atom stereocenters. The molecule has 27 heavy (non-hydrogen) atoms. The molecule has 3 rings (SSSR count). The first-order valence-corrected chi connectivity index (χ1v) is 10.6. The summed E-state index contributed by atoms with van der Waals surface area (Å²) in [4.78, 5) is 13.9. The molecule has 1 amide bonds. The van der Waals surface area contributed by atoms with E-state index < -0.39 is 10.0 Å². The monoisotopic (exact) mass is 515 g/mol. The normalized spacial score (nSPS) is 15.0. The molecule has 0 bridgehead atoms.